The van der Waals surface area contributed by atoms with E-state index in [-0.39, 0.29) is 11.8 Å². The molecule has 31 heavy (non-hydrogen) atoms. The van der Waals surface area contributed by atoms with Crippen molar-refractivity contribution in [3.8, 4) is 5.75 Å². The van der Waals surface area contributed by atoms with Gasteiger partial charge in [-0.25, -0.2) is 9.97 Å². The highest BCUT2D eigenvalue weighted by atomic mass is 16.5. The van der Waals surface area contributed by atoms with Gasteiger partial charge < -0.3 is 19.9 Å². The van der Waals surface area contributed by atoms with Crippen molar-refractivity contribution in [3.63, 3.8) is 0 Å². The van der Waals surface area contributed by atoms with Crippen molar-refractivity contribution >= 4 is 11.7 Å². The molecule has 0 unspecified atom stereocenters. The predicted molar refractivity (Wildman–Crippen MR) is 121 cm³/mol. The van der Waals surface area contributed by atoms with Gasteiger partial charge in [-0.1, -0.05) is 12.1 Å². The Morgan fingerprint density at radius 2 is 2.03 bits per heavy atom. The van der Waals surface area contributed by atoms with Crippen LogP contribution in [0.2, 0.25) is 0 Å². The molecule has 2 aromatic rings. The number of carbonyl (C=O) groups is 1. The first kappa shape index (κ1) is 21.6. The van der Waals surface area contributed by atoms with Crippen LogP contribution in [-0.4, -0.2) is 66.5 Å². The number of carbonyl (C=O) groups excluding carboxylic acids is 1. The van der Waals surface area contributed by atoms with Gasteiger partial charge >= 0.3 is 0 Å². The average Bonchev–Trinajstić information content (AvgIpc) is 2.81. The summed E-state index contributed by atoms with van der Waals surface area (Å²) in [5, 5.41) is 3.27. The topological polar surface area (TPSA) is 70.6 Å². The van der Waals surface area contributed by atoms with Crippen LogP contribution in [0.15, 0.2) is 24.3 Å². The average molecular weight is 424 g/mol. The molecule has 4 rings (SSSR count). The molecule has 7 heteroatoms. The van der Waals surface area contributed by atoms with Gasteiger partial charge in [0, 0.05) is 51.1 Å². The van der Waals surface area contributed by atoms with Crippen molar-refractivity contribution < 1.29 is 9.53 Å². The van der Waals surface area contributed by atoms with E-state index in [0.717, 1.165) is 74.0 Å². The standard InChI is InChI=1S/C24H33N5O2/c1-25-24-20-12-14-28(2)16-21(20)26-23(27-24)18-5-4-13-29(15-18)22(30)11-8-17-6-9-19(31-3)10-7-17/h6-7,9-10,18H,4-5,8,11-16H2,1-3H3,(H,25,26,27)/t18-/m0/s1. The SMILES string of the molecule is CNc1nc([C@H]2CCCN(C(=O)CCc3ccc(OC)cc3)C2)nc2c1CCN(C)C2. The Labute approximate surface area is 184 Å². The van der Waals surface area contributed by atoms with Gasteiger partial charge in [0.1, 0.15) is 17.4 Å². The molecule has 0 spiro atoms. The van der Waals surface area contributed by atoms with Gasteiger partial charge in [-0.2, -0.15) is 0 Å². The summed E-state index contributed by atoms with van der Waals surface area (Å²) in [6.07, 6.45) is 4.27. The highest BCUT2D eigenvalue weighted by molar-refractivity contribution is 5.76. The van der Waals surface area contributed by atoms with Crippen LogP contribution in [0.4, 0.5) is 5.82 Å². The summed E-state index contributed by atoms with van der Waals surface area (Å²) >= 11 is 0. The summed E-state index contributed by atoms with van der Waals surface area (Å²) in [6, 6.07) is 7.95. The van der Waals surface area contributed by atoms with Crippen LogP contribution in [0, 0.1) is 0 Å². The lowest BCUT2D eigenvalue weighted by molar-refractivity contribution is -0.132. The highest BCUT2D eigenvalue weighted by Gasteiger charge is 2.28. The lowest BCUT2D eigenvalue weighted by atomic mass is 9.95. The van der Waals surface area contributed by atoms with Crippen LogP contribution in [0.5, 0.6) is 5.75 Å². The van der Waals surface area contributed by atoms with Gasteiger partial charge in [0.15, 0.2) is 0 Å². The Balaban J connectivity index is 1.42. The van der Waals surface area contributed by atoms with Crippen LogP contribution in [0.25, 0.3) is 0 Å². The summed E-state index contributed by atoms with van der Waals surface area (Å²) in [7, 11) is 5.73. The second kappa shape index (κ2) is 9.64. The maximum Gasteiger partial charge on any atom is 0.222 e. The molecule has 1 amide bonds. The van der Waals surface area contributed by atoms with Crippen molar-refractivity contribution in [3.05, 3.63) is 46.9 Å². The minimum atomic E-state index is 0.198. The van der Waals surface area contributed by atoms with Gasteiger partial charge in [-0.05, 0) is 50.4 Å². The third-order valence-electron chi connectivity index (χ3n) is 6.44. The van der Waals surface area contributed by atoms with Gasteiger partial charge in [0.05, 0.1) is 12.8 Å². The maximum absolute atomic E-state index is 12.9. The summed E-state index contributed by atoms with van der Waals surface area (Å²) in [5.41, 5.74) is 3.53. The molecule has 0 saturated carbocycles. The number of hydrogen-bond donors (Lipinski definition) is 1. The number of hydrogen-bond acceptors (Lipinski definition) is 6. The fraction of sp³-hybridized carbons (Fsp3) is 0.542. The quantitative estimate of drug-likeness (QED) is 0.771. The summed E-state index contributed by atoms with van der Waals surface area (Å²) in [6.45, 7) is 3.42. The number of benzene rings is 1. The van der Waals surface area contributed by atoms with Crippen LogP contribution >= 0.6 is 0 Å². The first-order chi connectivity index (χ1) is 15.1. The molecule has 3 heterocycles. The number of amides is 1. The van der Waals surface area contributed by atoms with E-state index in [1.165, 1.54) is 5.56 Å². The van der Waals surface area contributed by atoms with Gasteiger partial charge in [0.25, 0.3) is 0 Å². The molecule has 2 aliphatic rings. The van der Waals surface area contributed by atoms with Crippen LogP contribution in [-0.2, 0) is 24.2 Å². The number of fused-ring (bicyclic) bond motifs is 1. The molecule has 1 N–H and O–H groups in total. The third kappa shape index (κ3) is 4.98. The molecule has 166 valence electrons. The minimum absolute atomic E-state index is 0.198. The van der Waals surface area contributed by atoms with Crippen molar-refractivity contribution in [1.29, 1.82) is 0 Å². The van der Waals surface area contributed by atoms with Crippen LogP contribution < -0.4 is 10.1 Å². The number of aryl methyl sites for hydroxylation is 1. The number of likely N-dealkylation sites (tertiary alicyclic amines) is 1. The molecule has 0 aliphatic carbocycles. The second-order valence-corrected chi connectivity index (χ2v) is 8.62. The molecule has 1 fully saturated rings. The highest BCUT2D eigenvalue weighted by Crippen LogP contribution is 2.29. The zero-order chi connectivity index (χ0) is 21.8. The fourth-order valence-corrected chi connectivity index (χ4v) is 4.59. The summed E-state index contributed by atoms with van der Waals surface area (Å²) in [4.78, 5) is 27.0. The van der Waals surface area contributed by atoms with E-state index in [1.807, 2.05) is 36.2 Å². The number of piperidine rings is 1. The monoisotopic (exact) mass is 423 g/mol. The van der Waals surface area contributed by atoms with E-state index in [1.54, 1.807) is 7.11 Å². The van der Waals surface area contributed by atoms with Gasteiger partial charge in [-0.3, -0.25) is 4.79 Å². The smallest absolute Gasteiger partial charge is 0.222 e. The normalized spacial score (nSPS) is 19.1. The molecule has 1 aromatic heterocycles. The lowest BCUT2D eigenvalue weighted by Crippen LogP contribution is -2.40. The minimum Gasteiger partial charge on any atom is -0.497 e. The van der Waals surface area contributed by atoms with Crippen molar-refractivity contribution in [2.45, 2.75) is 44.6 Å². The van der Waals surface area contributed by atoms with E-state index in [9.17, 15) is 4.79 Å². The largest absolute Gasteiger partial charge is 0.497 e. The van der Waals surface area contributed by atoms with E-state index in [0.29, 0.717) is 13.0 Å². The van der Waals surface area contributed by atoms with E-state index < -0.39 is 0 Å². The molecule has 0 radical (unpaired) electrons. The van der Waals surface area contributed by atoms with Gasteiger partial charge in [-0.15, -0.1) is 0 Å². The molecule has 0 bridgehead atoms. The van der Waals surface area contributed by atoms with Gasteiger partial charge in [0.2, 0.25) is 5.91 Å². The molecular formula is C24H33N5O2. The number of nitrogens with zero attached hydrogens (tertiary/aromatic N) is 4. The zero-order valence-corrected chi connectivity index (χ0v) is 18.9. The van der Waals surface area contributed by atoms with Crippen molar-refractivity contribution in [1.82, 2.24) is 19.8 Å². The van der Waals surface area contributed by atoms with Crippen LogP contribution in [0.1, 0.15) is 47.8 Å². The Hall–Kier alpha value is -2.67. The van der Waals surface area contributed by atoms with Crippen molar-refractivity contribution in [2.75, 3.05) is 46.2 Å². The molecule has 1 saturated heterocycles. The second-order valence-electron chi connectivity index (χ2n) is 8.62. The maximum atomic E-state index is 12.9. The first-order valence-corrected chi connectivity index (χ1v) is 11.2. The molecule has 7 nitrogen and oxygen atoms in total. The number of nitrogens with one attached hydrogen (secondary N) is 1. The molecule has 2 aliphatic heterocycles. The van der Waals surface area contributed by atoms with Crippen molar-refractivity contribution in [2.24, 2.45) is 0 Å². The first-order valence-electron chi connectivity index (χ1n) is 11.2. The number of likely N-dealkylation sites (N-methyl/N-ethyl adjacent to an activating group) is 1. The number of methoxy groups -OCH3 is 1. The van der Waals surface area contributed by atoms with Crippen LogP contribution in [0.3, 0.4) is 0 Å². The molecule has 1 atom stereocenters. The Bertz CT molecular complexity index is 915. The predicted octanol–water partition coefficient (Wildman–Crippen LogP) is 2.85. The summed E-state index contributed by atoms with van der Waals surface area (Å²) < 4.78 is 5.21. The Morgan fingerprint density at radius 1 is 1.23 bits per heavy atom. The lowest BCUT2D eigenvalue weighted by Gasteiger charge is -2.33. The molecular weight excluding hydrogens is 390 g/mol. The number of aromatic nitrogens is 2. The zero-order valence-electron chi connectivity index (χ0n) is 18.9. The van der Waals surface area contributed by atoms with E-state index in [4.69, 9.17) is 14.7 Å². The van der Waals surface area contributed by atoms with E-state index >= 15 is 0 Å². The third-order valence-corrected chi connectivity index (χ3v) is 6.44. The Kier molecular flexibility index (Phi) is 6.70. The number of ether oxygens (including phenoxy) is 1. The number of rotatable bonds is 6. The van der Waals surface area contributed by atoms with E-state index in [2.05, 4.69) is 17.3 Å². The summed E-state index contributed by atoms with van der Waals surface area (Å²) in [5.74, 6) is 3.09. The Morgan fingerprint density at radius 3 is 2.77 bits per heavy atom. The fourth-order valence-electron chi connectivity index (χ4n) is 4.59. The number of anilines is 1. The molecule has 1 aromatic carbocycles.